The molecule has 8 heteroatoms. The Bertz CT molecular complexity index is 929. The van der Waals surface area contributed by atoms with E-state index in [0.717, 1.165) is 17.7 Å². The molecule has 3 rings (SSSR count). The number of carbonyl (C=O) groups is 1. The van der Waals surface area contributed by atoms with Crippen molar-refractivity contribution in [2.45, 2.75) is 24.7 Å². The number of aryl methyl sites for hydroxylation is 1. The summed E-state index contributed by atoms with van der Waals surface area (Å²) in [6, 6.07) is 12.2. The third kappa shape index (κ3) is 5.55. The number of hydrogen-bond acceptors (Lipinski definition) is 5. The Labute approximate surface area is 170 Å². The van der Waals surface area contributed by atoms with E-state index >= 15 is 0 Å². The lowest BCUT2D eigenvalue weighted by Crippen LogP contribution is -2.42. The van der Waals surface area contributed by atoms with Gasteiger partial charge in [0.05, 0.1) is 10.8 Å². The number of rotatable bonds is 7. The first-order chi connectivity index (χ1) is 13.9. The van der Waals surface area contributed by atoms with Crippen molar-refractivity contribution >= 4 is 16.0 Å². The number of carbonyl (C=O) groups excluding carboxylic acids is 1. The quantitative estimate of drug-likeness (QED) is 0.507. The molecule has 1 aliphatic rings. The third-order valence-electron chi connectivity index (χ3n) is 4.79. The average Bonchev–Trinajstić information content (AvgIpc) is 2.73. The van der Waals surface area contributed by atoms with Gasteiger partial charge in [-0.25, -0.2) is 12.8 Å². The maximum absolute atomic E-state index is 13.1. The molecule has 2 aromatic carbocycles. The lowest BCUT2D eigenvalue weighted by molar-refractivity contribution is -0.150. The molecule has 0 N–H and O–H groups in total. The molecular formula is C21H24FNO5S. The van der Waals surface area contributed by atoms with Crippen LogP contribution in [0.4, 0.5) is 4.39 Å². The molecule has 0 saturated carbocycles. The van der Waals surface area contributed by atoms with Crippen LogP contribution in [0.2, 0.25) is 0 Å². The first-order valence-electron chi connectivity index (χ1n) is 9.48. The van der Waals surface area contributed by atoms with E-state index in [1.54, 1.807) is 0 Å². The van der Waals surface area contributed by atoms with Gasteiger partial charge in [0.2, 0.25) is 10.0 Å². The number of ether oxygens (including phenoxy) is 2. The molecule has 1 heterocycles. The van der Waals surface area contributed by atoms with Gasteiger partial charge in [-0.15, -0.1) is 0 Å². The van der Waals surface area contributed by atoms with Crippen molar-refractivity contribution < 1.29 is 27.1 Å². The molecule has 0 spiro atoms. The normalized spacial score (nSPS) is 17.7. The zero-order chi connectivity index (χ0) is 20.9. The second kappa shape index (κ2) is 9.37. The summed E-state index contributed by atoms with van der Waals surface area (Å²) in [7, 11) is -3.78. The van der Waals surface area contributed by atoms with Gasteiger partial charge < -0.3 is 9.47 Å². The van der Waals surface area contributed by atoms with Crippen LogP contribution in [0.15, 0.2) is 53.4 Å². The molecule has 1 atom stereocenters. The highest BCUT2D eigenvalue weighted by atomic mass is 32.2. The smallest absolute Gasteiger partial charge is 0.310 e. The summed E-state index contributed by atoms with van der Waals surface area (Å²) in [6.07, 6.45) is 1.12. The fourth-order valence-corrected chi connectivity index (χ4v) is 4.69. The van der Waals surface area contributed by atoms with E-state index in [0.29, 0.717) is 25.1 Å². The summed E-state index contributed by atoms with van der Waals surface area (Å²) in [4.78, 5) is 12.4. The molecule has 1 fully saturated rings. The van der Waals surface area contributed by atoms with Crippen LogP contribution in [-0.4, -0.2) is 45.0 Å². The topological polar surface area (TPSA) is 72.9 Å². The van der Waals surface area contributed by atoms with E-state index in [1.807, 2.05) is 31.2 Å². The van der Waals surface area contributed by atoms with Crippen LogP contribution >= 0.6 is 0 Å². The largest absolute Gasteiger partial charge is 0.490 e. The van der Waals surface area contributed by atoms with E-state index in [9.17, 15) is 17.6 Å². The minimum atomic E-state index is -3.78. The molecule has 156 valence electrons. The van der Waals surface area contributed by atoms with Crippen molar-refractivity contribution in [3.63, 3.8) is 0 Å². The monoisotopic (exact) mass is 421 g/mol. The lowest BCUT2D eigenvalue weighted by atomic mass is 10.0. The summed E-state index contributed by atoms with van der Waals surface area (Å²) in [6.45, 7) is 2.67. The molecule has 0 unspecified atom stereocenters. The van der Waals surface area contributed by atoms with Gasteiger partial charge in [-0.2, -0.15) is 4.31 Å². The highest BCUT2D eigenvalue weighted by Crippen LogP contribution is 2.24. The van der Waals surface area contributed by atoms with Gasteiger partial charge in [-0.1, -0.05) is 17.7 Å². The van der Waals surface area contributed by atoms with Crippen molar-refractivity contribution in [3.8, 4) is 5.75 Å². The highest BCUT2D eigenvalue weighted by Gasteiger charge is 2.34. The Balaban J connectivity index is 1.51. The van der Waals surface area contributed by atoms with Gasteiger partial charge in [0.1, 0.15) is 24.8 Å². The van der Waals surface area contributed by atoms with Crippen LogP contribution < -0.4 is 4.74 Å². The van der Waals surface area contributed by atoms with E-state index in [4.69, 9.17) is 9.47 Å². The predicted molar refractivity (Wildman–Crippen MR) is 106 cm³/mol. The van der Waals surface area contributed by atoms with Gasteiger partial charge in [0.25, 0.3) is 0 Å². The number of esters is 1. The van der Waals surface area contributed by atoms with Crippen LogP contribution in [0, 0.1) is 18.7 Å². The van der Waals surface area contributed by atoms with Crippen molar-refractivity contribution in [1.29, 1.82) is 0 Å². The molecule has 6 nitrogen and oxygen atoms in total. The molecular weight excluding hydrogens is 397 g/mol. The highest BCUT2D eigenvalue weighted by molar-refractivity contribution is 7.89. The number of sulfonamides is 1. The fraction of sp³-hybridized carbons (Fsp3) is 0.381. The first-order valence-corrected chi connectivity index (χ1v) is 10.9. The minimum Gasteiger partial charge on any atom is -0.490 e. The standard InChI is InChI=1S/C21H24FNO5S/c1-16-4-8-19(9-5-16)27-13-14-28-21(24)17-3-2-12-23(15-17)29(25,26)20-10-6-18(22)7-11-20/h4-11,17H,2-3,12-15H2,1H3/t17-/m1/s1. The molecule has 29 heavy (non-hydrogen) atoms. The molecule has 0 aromatic heterocycles. The summed E-state index contributed by atoms with van der Waals surface area (Å²) in [5.41, 5.74) is 1.13. The summed E-state index contributed by atoms with van der Waals surface area (Å²) < 4.78 is 50.6. The number of benzene rings is 2. The average molecular weight is 421 g/mol. The Morgan fingerprint density at radius 3 is 2.48 bits per heavy atom. The fourth-order valence-electron chi connectivity index (χ4n) is 3.16. The Kier molecular flexibility index (Phi) is 6.87. The minimum absolute atomic E-state index is 0.0133. The Morgan fingerprint density at radius 1 is 1.10 bits per heavy atom. The van der Waals surface area contributed by atoms with E-state index < -0.39 is 27.7 Å². The van der Waals surface area contributed by atoms with Crippen LogP contribution in [0.1, 0.15) is 18.4 Å². The molecule has 0 aliphatic carbocycles. The molecule has 2 aromatic rings. The van der Waals surface area contributed by atoms with Gasteiger partial charge in [-0.3, -0.25) is 4.79 Å². The van der Waals surface area contributed by atoms with Crippen LogP contribution in [-0.2, 0) is 19.6 Å². The number of halogens is 1. The van der Waals surface area contributed by atoms with Gasteiger partial charge in [-0.05, 0) is 56.2 Å². The SMILES string of the molecule is Cc1ccc(OCCOC(=O)[C@@H]2CCCN(S(=O)(=O)c3ccc(F)cc3)C2)cc1. The molecule has 0 radical (unpaired) electrons. The third-order valence-corrected chi connectivity index (χ3v) is 6.67. The van der Waals surface area contributed by atoms with E-state index in [-0.39, 0.29) is 24.7 Å². The maximum Gasteiger partial charge on any atom is 0.310 e. The zero-order valence-corrected chi connectivity index (χ0v) is 17.0. The Hall–Kier alpha value is -2.45. The van der Waals surface area contributed by atoms with Crippen LogP contribution in [0.3, 0.4) is 0 Å². The summed E-state index contributed by atoms with van der Waals surface area (Å²) in [5.74, 6) is -0.771. The van der Waals surface area contributed by atoms with Gasteiger partial charge in [0, 0.05) is 13.1 Å². The second-order valence-electron chi connectivity index (χ2n) is 6.99. The second-order valence-corrected chi connectivity index (χ2v) is 8.92. The Morgan fingerprint density at radius 2 is 1.79 bits per heavy atom. The molecule has 1 aliphatic heterocycles. The summed E-state index contributed by atoms with van der Waals surface area (Å²) >= 11 is 0. The predicted octanol–water partition coefficient (Wildman–Crippen LogP) is 3.16. The molecule has 1 saturated heterocycles. The lowest BCUT2D eigenvalue weighted by Gasteiger charge is -2.30. The van der Waals surface area contributed by atoms with Gasteiger partial charge in [0.15, 0.2) is 0 Å². The van der Waals surface area contributed by atoms with Gasteiger partial charge >= 0.3 is 5.97 Å². The maximum atomic E-state index is 13.1. The number of piperidine rings is 1. The van der Waals surface area contributed by atoms with E-state index in [2.05, 4.69) is 0 Å². The van der Waals surface area contributed by atoms with E-state index in [1.165, 1.54) is 16.4 Å². The van der Waals surface area contributed by atoms with Crippen molar-refractivity contribution in [2.24, 2.45) is 5.92 Å². The summed E-state index contributed by atoms with van der Waals surface area (Å²) in [5, 5.41) is 0. The van der Waals surface area contributed by atoms with Crippen LogP contribution in [0.25, 0.3) is 0 Å². The van der Waals surface area contributed by atoms with Crippen LogP contribution in [0.5, 0.6) is 5.75 Å². The molecule has 0 bridgehead atoms. The molecule has 0 amide bonds. The number of nitrogens with zero attached hydrogens (tertiary/aromatic N) is 1. The van der Waals surface area contributed by atoms with Crippen molar-refractivity contribution in [2.75, 3.05) is 26.3 Å². The van der Waals surface area contributed by atoms with Crippen molar-refractivity contribution in [3.05, 3.63) is 59.9 Å². The zero-order valence-electron chi connectivity index (χ0n) is 16.2. The number of hydrogen-bond donors (Lipinski definition) is 0. The van der Waals surface area contributed by atoms with Crippen molar-refractivity contribution in [1.82, 2.24) is 4.31 Å². The first kappa shape index (κ1) is 21.3.